The topological polar surface area (TPSA) is 47.9 Å². The van der Waals surface area contributed by atoms with E-state index in [1.54, 1.807) is 0 Å². The van der Waals surface area contributed by atoms with Crippen LogP contribution in [0, 0.1) is 12.3 Å². The second kappa shape index (κ2) is 6.52. The van der Waals surface area contributed by atoms with Gasteiger partial charge in [0.25, 0.3) is 0 Å². The number of nitrogens with one attached hydrogen (secondary N) is 1. The molecule has 1 unspecified atom stereocenters. The lowest BCUT2D eigenvalue weighted by molar-refractivity contribution is -0.0668. The first kappa shape index (κ1) is 17.8. The van der Waals surface area contributed by atoms with E-state index in [9.17, 15) is 5.11 Å². The van der Waals surface area contributed by atoms with Crippen molar-refractivity contribution in [3.05, 3.63) is 35.4 Å². The van der Waals surface area contributed by atoms with Gasteiger partial charge in [-0.15, -0.1) is 0 Å². The highest BCUT2D eigenvalue weighted by molar-refractivity contribution is 5.82. The minimum atomic E-state index is -0.569. The summed E-state index contributed by atoms with van der Waals surface area (Å²) in [5.74, 6) is 0.892. The Morgan fingerprint density at radius 3 is 2.57 bits per heavy atom. The molecule has 2 rings (SSSR count). The number of aliphatic hydroxyl groups is 1. The number of likely N-dealkylation sites (tertiary alicyclic amines) is 1. The van der Waals surface area contributed by atoms with Crippen molar-refractivity contribution < 1.29 is 5.11 Å². The zero-order valence-electron chi connectivity index (χ0n) is 15.3. The van der Waals surface area contributed by atoms with Crippen LogP contribution in [0.4, 0.5) is 0 Å². The van der Waals surface area contributed by atoms with E-state index in [-0.39, 0.29) is 11.0 Å². The molecule has 4 nitrogen and oxygen atoms in total. The van der Waals surface area contributed by atoms with E-state index < -0.39 is 6.10 Å². The minimum Gasteiger partial charge on any atom is -0.386 e. The standard InChI is InChI=1S/C19H31N3O/c1-7-20-17(22-13-18(3,4)19(22,5)6)21-12-16(23)15-10-8-9-14(2)11-15/h8-11,16,23H,7,12-13H2,1-6H3,(H,20,21). The highest BCUT2D eigenvalue weighted by atomic mass is 16.3. The first-order valence-corrected chi connectivity index (χ1v) is 8.49. The molecule has 1 aliphatic rings. The Morgan fingerprint density at radius 2 is 2.04 bits per heavy atom. The van der Waals surface area contributed by atoms with Crippen molar-refractivity contribution >= 4 is 5.96 Å². The van der Waals surface area contributed by atoms with Crippen LogP contribution in [-0.4, -0.2) is 41.1 Å². The molecule has 2 N–H and O–H groups in total. The maximum Gasteiger partial charge on any atom is 0.194 e. The Bertz CT molecular complexity index is 578. The van der Waals surface area contributed by atoms with Crippen molar-refractivity contribution in [2.45, 2.75) is 53.2 Å². The fraction of sp³-hybridized carbons (Fsp3) is 0.632. The normalized spacial score (nSPS) is 20.8. The number of benzene rings is 1. The summed E-state index contributed by atoms with van der Waals surface area (Å²) in [4.78, 5) is 6.99. The number of hydrogen-bond donors (Lipinski definition) is 2. The van der Waals surface area contributed by atoms with Gasteiger partial charge in [0.05, 0.1) is 12.6 Å². The summed E-state index contributed by atoms with van der Waals surface area (Å²) in [6.45, 7) is 15.4. The molecule has 0 bridgehead atoms. The van der Waals surface area contributed by atoms with Crippen LogP contribution in [0.2, 0.25) is 0 Å². The molecule has 1 aliphatic heterocycles. The summed E-state index contributed by atoms with van der Waals surface area (Å²) in [5.41, 5.74) is 2.40. The first-order chi connectivity index (χ1) is 10.7. The molecule has 1 heterocycles. The number of rotatable bonds is 4. The van der Waals surface area contributed by atoms with Crippen LogP contribution in [0.3, 0.4) is 0 Å². The second-order valence-corrected chi connectivity index (χ2v) is 7.65. The maximum absolute atomic E-state index is 10.4. The van der Waals surface area contributed by atoms with Gasteiger partial charge in [0.2, 0.25) is 0 Å². The Labute approximate surface area is 140 Å². The average molecular weight is 317 g/mol. The Balaban J connectivity index is 2.11. The highest BCUT2D eigenvalue weighted by Gasteiger charge is 2.53. The van der Waals surface area contributed by atoms with E-state index in [4.69, 9.17) is 0 Å². The molecule has 4 heteroatoms. The molecule has 0 aromatic heterocycles. The number of aliphatic imine (C=N–C) groups is 1. The molecular formula is C19H31N3O. The Kier molecular flexibility index (Phi) is 5.04. The molecule has 128 valence electrons. The zero-order valence-corrected chi connectivity index (χ0v) is 15.3. The van der Waals surface area contributed by atoms with Gasteiger partial charge in [-0.05, 0) is 33.3 Å². The quantitative estimate of drug-likeness (QED) is 0.662. The molecule has 1 aromatic rings. The van der Waals surface area contributed by atoms with E-state index >= 15 is 0 Å². The predicted octanol–water partition coefficient (Wildman–Crippen LogP) is 3.11. The lowest BCUT2D eigenvalue weighted by atomic mass is 9.65. The van der Waals surface area contributed by atoms with Gasteiger partial charge in [-0.1, -0.05) is 43.7 Å². The molecule has 1 saturated heterocycles. The molecular weight excluding hydrogens is 286 g/mol. The van der Waals surface area contributed by atoms with Crippen LogP contribution in [0.15, 0.2) is 29.3 Å². The summed E-state index contributed by atoms with van der Waals surface area (Å²) in [6.07, 6.45) is -0.569. The van der Waals surface area contributed by atoms with Gasteiger partial charge in [-0.3, -0.25) is 4.99 Å². The van der Waals surface area contributed by atoms with E-state index in [1.165, 1.54) is 0 Å². The van der Waals surface area contributed by atoms with Gasteiger partial charge in [0.1, 0.15) is 0 Å². The molecule has 1 aromatic carbocycles. The van der Waals surface area contributed by atoms with Gasteiger partial charge < -0.3 is 15.3 Å². The SMILES string of the molecule is CCNC(=NCC(O)c1cccc(C)c1)N1CC(C)(C)C1(C)C. The van der Waals surface area contributed by atoms with Crippen molar-refractivity contribution in [3.8, 4) is 0 Å². The van der Waals surface area contributed by atoms with Gasteiger partial charge in [-0.2, -0.15) is 0 Å². The predicted molar refractivity (Wildman–Crippen MR) is 96.7 cm³/mol. The lowest BCUT2D eigenvalue weighted by Crippen LogP contribution is -2.72. The molecule has 23 heavy (non-hydrogen) atoms. The van der Waals surface area contributed by atoms with E-state index in [1.807, 2.05) is 31.2 Å². The summed E-state index contributed by atoms with van der Waals surface area (Å²) in [7, 11) is 0. The third kappa shape index (κ3) is 3.52. The number of nitrogens with zero attached hydrogens (tertiary/aromatic N) is 2. The third-order valence-corrected chi connectivity index (χ3v) is 5.32. The van der Waals surface area contributed by atoms with E-state index in [0.717, 1.165) is 30.2 Å². The Hall–Kier alpha value is -1.55. The molecule has 0 aliphatic carbocycles. The summed E-state index contributed by atoms with van der Waals surface area (Å²) < 4.78 is 0. The van der Waals surface area contributed by atoms with E-state index in [2.05, 4.69) is 49.8 Å². The van der Waals surface area contributed by atoms with Crippen LogP contribution in [0.5, 0.6) is 0 Å². The van der Waals surface area contributed by atoms with Crippen LogP contribution >= 0.6 is 0 Å². The second-order valence-electron chi connectivity index (χ2n) is 7.65. The maximum atomic E-state index is 10.4. The number of aryl methyl sites for hydroxylation is 1. The number of aliphatic hydroxyl groups excluding tert-OH is 1. The van der Waals surface area contributed by atoms with Crippen molar-refractivity contribution in [2.24, 2.45) is 10.4 Å². The van der Waals surface area contributed by atoms with Crippen molar-refractivity contribution in [1.29, 1.82) is 0 Å². The molecule has 0 saturated carbocycles. The molecule has 0 amide bonds. The third-order valence-electron chi connectivity index (χ3n) is 5.32. The average Bonchev–Trinajstić information content (AvgIpc) is 2.49. The van der Waals surface area contributed by atoms with Gasteiger partial charge in [0, 0.05) is 24.0 Å². The van der Waals surface area contributed by atoms with Crippen LogP contribution in [0.25, 0.3) is 0 Å². The van der Waals surface area contributed by atoms with Gasteiger partial charge in [0.15, 0.2) is 5.96 Å². The smallest absolute Gasteiger partial charge is 0.194 e. The number of hydrogen-bond acceptors (Lipinski definition) is 2. The minimum absolute atomic E-state index is 0.0578. The summed E-state index contributed by atoms with van der Waals surface area (Å²) in [5, 5.41) is 13.8. The molecule has 1 atom stereocenters. The summed E-state index contributed by atoms with van der Waals surface area (Å²) >= 11 is 0. The molecule has 0 radical (unpaired) electrons. The largest absolute Gasteiger partial charge is 0.386 e. The molecule has 0 spiro atoms. The van der Waals surface area contributed by atoms with Crippen molar-refractivity contribution in [1.82, 2.24) is 10.2 Å². The van der Waals surface area contributed by atoms with Crippen LogP contribution in [0.1, 0.15) is 51.8 Å². The van der Waals surface area contributed by atoms with Gasteiger partial charge in [-0.25, -0.2) is 0 Å². The summed E-state index contributed by atoms with van der Waals surface area (Å²) in [6, 6.07) is 7.98. The molecule has 1 fully saturated rings. The number of guanidine groups is 1. The first-order valence-electron chi connectivity index (χ1n) is 8.49. The van der Waals surface area contributed by atoms with Crippen molar-refractivity contribution in [3.63, 3.8) is 0 Å². The lowest BCUT2D eigenvalue weighted by Gasteiger charge is -2.62. The monoisotopic (exact) mass is 317 g/mol. The zero-order chi connectivity index (χ0) is 17.3. The van der Waals surface area contributed by atoms with E-state index in [0.29, 0.717) is 6.54 Å². The Morgan fingerprint density at radius 1 is 1.35 bits per heavy atom. The fourth-order valence-corrected chi connectivity index (χ4v) is 2.95. The van der Waals surface area contributed by atoms with Crippen molar-refractivity contribution in [2.75, 3.05) is 19.6 Å². The van der Waals surface area contributed by atoms with Crippen LogP contribution in [-0.2, 0) is 0 Å². The van der Waals surface area contributed by atoms with Crippen LogP contribution < -0.4 is 5.32 Å². The fourth-order valence-electron chi connectivity index (χ4n) is 2.95. The highest BCUT2D eigenvalue weighted by Crippen LogP contribution is 2.46. The van der Waals surface area contributed by atoms with Gasteiger partial charge >= 0.3 is 0 Å².